The lowest BCUT2D eigenvalue weighted by molar-refractivity contribution is 0.219. The zero-order valence-electron chi connectivity index (χ0n) is 10.2. The highest BCUT2D eigenvalue weighted by molar-refractivity contribution is 7.09. The Morgan fingerprint density at radius 1 is 1.17 bits per heavy atom. The van der Waals surface area contributed by atoms with E-state index in [2.05, 4.69) is 10.4 Å². The van der Waals surface area contributed by atoms with Gasteiger partial charge >= 0.3 is 0 Å². The van der Waals surface area contributed by atoms with Crippen LogP contribution in [0.15, 0.2) is 35.7 Å². The number of aliphatic hydroxyl groups is 1. The molecule has 1 aromatic carbocycles. The minimum Gasteiger partial charge on any atom is -0.381 e. The van der Waals surface area contributed by atoms with E-state index in [1.54, 1.807) is 11.3 Å². The van der Waals surface area contributed by atoms with Crippen LogP contribution in [0.2, 0.25) is 0 Å². The molecular formula is C15H17NOS. The molecule has 2 nitrogen and oxygen atoms in total. The van der Waals surface area contributed by atoms with Gasteiger partial charge in [0, 0.05) is 11.3 Å². The van der Waals surface area contributed by atoms with Crippen molar-refractivity contribution < 1.29 is 5.11 Å². The Kier molecular flexibility index (Phi) is 3.43. The molecule has 0 spiro atoms. The Balaban J connectivity index is 1.80. The molecule has 0 aliphatic heterocycles. The molecule has 1 heterocycles. The quantitative estimate of drug-likeness (QED) is 0.907. The van der Waals surface area contributed by atoms with E-state index in [1.165, 1.54) is 31.4 Å². The first-order chi connectivity index (χ1) is 8.84. The fourth-order valence-electron chi connectivity index (χ4n) is 2.61. The number of hydrogen-bond donors (Lipinski definition) is 1. The summed E-state index contributed by atoms with van der Waals surface area (Å²) in [5.74, 6) is 0.623. The molecule has 1 aliphatic carbocycles. The molecule has 0 amide bonds. The predicted octanol–water partition coefficient (Wildman–Crippen LogP) is 3.88. The molecule has 1 N–H and O–H groups in total. The third-order valence-electron chi connectivity index (χ3n) is 3.66. The second kappa shape index (κ2) is 5.21. The fraction of sp³-hybridized carbons (Fsp3) is 0.400. The number of thiazole rings is 1. The van der Waals surface area contributed by atoms with E-state index < -0.39 is 6.10 Å². The normalized spacial score (nSPS) is 18.1. The summed E-state index contributed by atoms with van der Waals surface area (Å²) in [6.45, 7) is 0. The molecule has 3 heteroatoms. The Morgan fingerprint density at radius 2 is 1.89 bits per heavy atom. The van der Waals surface area contributed by atoms with Crippen LogP contribution in [0.25, 0.3) is 0 Å². The molecule has 1 aliphatic rings. The van der Waals surface area contributed by atoms with Gasteiger partial charge in [0.15, 0.2) is 0 Å². The standard InChI is InChI=1S/C15H17NOS/c17-14(12-8-2-1-3-9-12)15-16-13(10-18-15)11-6-4-5-7-11/h1-3,8-11,14,17H,4-7H2. The van der Waals surface area contributed by atoms with E-state index in [9.17, 15) is 5.11 Å². The summed E-state index contributed by atoms with van der Waals surface area (Å²) in [7, 11) is 0. The summed E-state index contributed by atoms with van der Waals surface area (Å²) in [5, 5.41) is 13.2. The third kappa shape index (κ3) is 2.33. The van der Waals surface area contributed by atoms with Crippen LogP contribution in [0.1, 0.15) is 54.0 Å². The van der Waals surface area contributed by atoms with Crippen molar-refractivity contribution in [3.8, 4) is 0 Å². The largest absolute Gasteiger partial charge is 0.381 e. The van der Waals surface area contributed by atoms with Crippen molar-refractivity contribution >= 4 is 11.3 Å². The molecule has 1 fully saturated rings. The molecular weight excluding hydrogens is 242 g/mol. The molecule has 94 valence electrons. The lowest BCUT2D eigenvalue weighted by atomic mass is 10.1. The number of benzene rings is 1. The van der Waals surface area contributed by atoms with E-state index in [4.69, 9.17) is 0 Å². The average molecular weight is 259 g/mol. The monoisotopic (exact) mass is 259 g/mol. The molecule has 0 saturated heterocycles. The minimum absolute atomic E-state index is 0.577. The topological polar surface area (TPSA) is 33.1 Å². The van der Waals surface area contributed by atoms with Crippen LogP contribution < -0.4 is 0 Å². The molecule has 1 saturated carbocycles. The fourth-order valence-corrected chi connectivity index (χ4v) is 3.52. The smallest absolute Gasteiger partial charge is 0.131 e. The van der Waals surface area contributed by atoms with Gasteiger partial charge in [-0.2, -0.15) is 0 Å². The first-order valence-electron chi connectivity index (χ1n) is 6.53. The van der Waals surface area contributed by atoms with Gasteiger partial charge in [-0.1, -0.05) is 43.2 Å². The highest BCUT2D eigenvalue weighted by Gasteiger charge is 2.21. The first-order valence-corrected chi connectivity index (χ1v) is 7.41. The molecule has 1 atom stereocenters. The molecule has 3 rings (SSSR count). The highest BCUT2D eigenvalue weighted by atomic mass is 32.1. The molecule has 0 bridgehead atoms. The molecule has 0 radical (unpaired) electrons. The summed E-state index contributed by atoms with van der Waals surface area (Å²) < 4.78 is 0. The van der Waals surface area contributed by atoms with Crippen LogP contribution in [0.4, 0.5) is 0 Å². The van der Waals surface area contributed by atoms with Gasteiger partial charge in [-0.05, 0) is 18.4 Å². The minimum atomic E-state index is -0.577. The zero-order valence-corrected chi connectivity index (χ0v) is 11.1. The first kappa shape index (κ1) is 11.9. The summed E-state index contributed by atoms with van der Waals surface area (Å²) in [6.07, 6.45) is 4.57. The zero-order chi connectivity index (χ0) is 12.4. The number of rotatable bonds is 3. The van der Waals surface area contributed by atoms with Crippen molar-refractivity contribution in [3.63, 3.8) is 0 Å². The van der Waals surface area contributed by atoms with Crippen molar-refractivity contribution in [1.29, 1.82) is 0 Å². The Labute approximate surface area is 111 Å². The third-order valence-corrected chi connectivity index (χ3v) is 4.58. The average Bonchev–Trinajstić information content (AvgIpc) is 3.09. The lowest BCUT2D eigenvalue weighted by Gasteiger charge is -2.08. The van der Waals surface area contributed by atoms with Gasteiger partial charge in [0.25, 0.3) is 0 Å². The van der Waals surface area contributed by atoms with Crippen molar-refractivity contribution in [1.82, 2.24) is 4.98 Å². The summed E-state index contributed by atoms with van der Waals surface area (Å²) in [4.78, 5) is 4.64. The number of aliphatic hydroxyl groups excluding tert-OH is 1. The molecule has 1 unspecified atom stereocenters. The van der Waals surface area contributed by atoms with E-state index in [1.807, 2.05) is 30.3 Å². The second-order valence-electron chi connectivity index (χ2n) is 4.91. The maximum atomic E-state index is 10.3. The Bertz CT molecular complexity index is 502. The number of aromatic nitrogens is 1. The van der Waals surface area contributed by atoms with E-state index in [0.29, 0.717) is 5.92 Å². The van der Waals surface area contributed by atoms with Gasteiger partial charge in [0.1, 0.15) is 11.1 Å². The highest BCUT2D eigenvalue weighted by Crippen LogP contribution is 2.36. The SMILES string of the molecule is OC(c1ccccc1)c1nc(C2CCCC2)cs1. The van der Waals surface area contributed by atoms with Gasteiger partial charge < -0.3 is 5.11 Å². The maximum Gasteiger partial charge on any atom is 0.131 e. The van der Waals surface area contributed by atoms with Crippen molar-refractivity contribution in [2.45, 2.75) is 37.7 Å². The second-order valence-corrected chi connectivity index (χ2v) is 5.79. The van der Waals surface area contributed by atoms with Crippen LogP contribution >= 0.6 is 11.3 Å². The van der Waals surface area contributed by atoms with Crippen LogP contribution in [0.3, 0.4) is 0 Å². The van der Waals surface area contributed by atoms with Crippen LogP contribution in [0.5, 0.6) is 0 Å². The molecule has 2 aromatic rings. The van der Waals surface area contributed by atoms with Gasteiger partial charge in [-0.3, -0.25) is 0 Å². The van der Waals surface area contributed by atoms with Crippen LogP contribution in [0, 0.1) is 0 Å². The molecule has 1 aromatic heterocycles. The number of nitrogens with zero attached hydrogens (tertiary/aromatic N) is 1. The van der Waals surface area contributed by atoms with E-state index in [0.717, 1.165) is 10.6 Å². The lowest BCUT2D eigenvalue weighted by Crippen LogP contribution is -2.00. The summed E-state index contributed by atoms with van der Waals surface area (Å²) in [6, 6.07) is 9.75. The number of hydrogen-bond acceptors (Lipinski definition) is 3. The van der Waals surface area contributed by atoms with Crippen LogP contribution in [-0.2, 0) is 0 Å². The summed E-state index contributed by atoms with van der Waals surface area (Å²) in [5.41, 5.74) is 2.10. The maximum absolute atomic E-state index is 10.3. The Hall–Kier alpha value is -1.19. The van der Waals surface area contributed by atoms with Gasteiger partial charge in [0.05, 0.1) is 5.69 Å². The van der Waals surface area contributed by atoms with Gasteiger partial charge in [0.2, 0.25) is 0 Å². The molecule has 18 heavy (non-hydrogen) atoms. The van der Waals surface area contributed by atoms with Crippen molar-refractivity contribution in [2.75, 3.05) is 0 Å². The van der Waals surface area contributed by atoms with Crippen LogP contribution in [-0.4, -0.2) is 10.1 Å². The van der Waals surface area contributed by atoms with Gasteiger partial charge in [-0.25, -0.2) is 4.98 Å². The van der Waals surface area contributed by atoms with Gasteiger partial charge in [-0.15, -0.1) is 11.3 Å². The van der Waals surface area contributed by atoms with E-state index >= 15 is 0 Å². The predicted molar refractivity (Wildman–Crippen MR) is 73.8 cm³/mol. The van der Waals surface area contributed by atoms with Crippen molar-refractivity contribution in [3.05, 3.63) is 52.0 Å². The Morgan fingerprint density at radius 3 is 2.61 bits per heavy atom. The van der Waals surface area contributed by atoms with Crippen molar-refractivity contribution in [2.24, 2.45) is 0 Å². The van der Waals surface area contributed by atoms with E-state index in [-0.39, 0.29) is 0 Å². The summed E-state index contributed by atoms with van der Waals surface area (Å²) >= 11 is 1.58.